The zero-order valence-electron chi connectivity index (χ0n) is 10.8. The number of ether oxygens (including phenoxy) is 2. The second-order valence-electron chi connectivity index (χ2n) is 3.82. The largest absolute Gasteiger partial charge is 0.342 e. The lowest BCUT2D eigenvalue weighted by Crippen LogP contribution is -2.28. The van der Waals surface area contributed by atoms with E-state index >= 15 is 0 Å². The van der Waals surface area contributed by atoms with Gasteiger partial charge in [0.2, 0.25) is 5.79 Å². The van der Waals surface area contributed by atoms with Crippen LogP contribution >= 0.6 is 11.6 Å². The minimum atomic E-state index is -3.16. The molecule has 1 heterocycles. The van der Waals surface area contributed by atoms with Crippen molar-refractivity contribution in [3.63, 3.8) is 0 Å². The average molecular weight is 309 g/mol. The van der Waals surface area contributed by atoms with Crippen molar-refractivity contribution in [3.05, 3.63) is 35.9 Å². The lowest BCUT2D eigenvalue weighted by molar-refractivity contribution is -0.146. The number of benzene rings is 1. The molecule has 1 aliphatic heterocycles. The number of alkyl halides is 1. The summed E-state index contributed by atoms with van der Waals surface area (Å²) in [5, 5.41) is 0. The van der Waals surface area contributed by atoms with Gasteiger partial charge >= 0.3 is 0 Å². The molecule has 7 heteroatoms. The van der Waals surface area contributed by atoms with Crippen molar-refractivity contribution in [1.29, 1.82) is 0 Å². The monoisotopic (exact) mass is 308 g/mol. The Morgan fingerprint density at radius 3 is 2.11 bits per heavy atom. The first kappa shape index (κ1) is 16.4. The molecular weight excluding hydrogens is 292 g/mol. The molecule has 5 nitrogen and oxygen atoms in total. The Kier molecular flexibility index (Phi) is 6.22. The second-order valence-corrected chi connectivity index (χ2v) is 5.83. The smallest absolute Gasteiger partial charge is 0.264 e. The number of hydrogen-bond donors (Lipinski definition) is 0. The summed E-state index contributed by atoms with van der Waals surface area (Å²) >= 11 is 5.85. The fourth-order valence-electron chi connectivity index (χ4n) is 1.47. The molecule has 0 amide bonds. The van der Waals surface area contributed by atoms with Gasteiger partial charge in [-0.15, -0.1) is 11.6 Å². The topological polar surface area (TPSA) is 61.8 Å². The second kappa shape index (κ2) is 7.21. The van der Waals surface area contributed by atoms with Crippen molar-refractivity contribution < 1.29 is 22.1 Å². The maximum atomic E-state index is 9.78. The highest BCUT2D eigenvalue weighted by atomic mass is 35.5. The Labute approximate surface area is 118 Å². The van der Waals surface area contributed by atoms with Gasteiger partial charge in [-0.1, -0.05) is 30.3 Å². The average Bonchev–Trinajstić information content (AvgIpc) is 2.90. The molecule has 108 valence electrons. The fraction of sp³-hybridized carbons (Fsp3) is 0.500. The summed E-state index contributed by atoms with van der Waals surface area (Å²) in [7, 11) is -2.04. The van der Waals surface area contributed by atoms with Crippen LogP contribution in [-0.2, 0) is 29.6 Å². The lowest BCUT2D eigenvalue weighted by atomic mass is 10.1. The van der Waals surface area contributed by atoms with Gasteiger partial charge in [0.05, 0.1) is 32.5 Å². The van der Waals surface area contributed by atoms with E-state index in [9.17, 15) is 8.42 Å². The lowest BCUT2D eigenvalue weighted by Gasteiger charge is -2.24. The predicted molar refractivity (Wildman–Crippen MR) is 72.6 cm³/mol. The van der Waals surface area contributed by atoms with E-state index in [2.05, 4.69) is 4.18 Å². The van der Waals surface area contributed by atoms with Crippen LogP contribution in [0.2, 0.25) is 0 Å². The minimum Gasteiger partial charge on any atom is -0.342 e. The van der Waals surface area contributed by atoms with Crippen LogP contribution in [0.25, 0.3) is 0 Å². The summed E-state index contributed by atoms with van der Waals surface area (Å²) in [6.07, 6.45) is 0.993. The van der Waals surface area contributed by atoms with Crippen LogP contribution in [-0.4, -0.2) is 40.9 Å². The molecule has 2 rings (SSSR count). The Hall–Kier alpha value is -0.660. The van der Waals surface area contributed by atoms with Crippen LogP contribution in [0.4, 0.5) is 0 Å². The molecule has 0 saturated carbocycles. The van der Waals surface area contributed by atoms with E-state index in [1.165, 1.54) is 0 Å². The van der Waals surface area contributed by atoms with E-state index in [0.29, 0.717) is 19.1 Å². The van der Waals surface area contributed by atoms with Gasteiger partial charge in [-0.25, -0.2) is 0 Å². The molecule has 0 radical (unpaired) electrons. The molecule has 0 aliphatic carbocycles. The Morgan fingerprint density at radius 2 is 1.74 bits per heavy atom. The van der Waals surface area contributed by atoms with Crippen LogP contribution in [0.1, 0.15) is 5.56 Å². The molecule has 0 aromatic heterocycles. The maximum absolute atomic E-state index is 9.78. The Bertz CT molecular complexity index is 468. The summed E-state index contributed by atoms with van der Waals surface area (Å²) < 4.78 is 34.5. The van der Waals surface area contributed by atoms with Gasteiger partial charge in [-0.3, -0.25) is 4.18 Å². The highest BCUT2D eigenvalue weighted by Gasteiger charge is 2.37. The van der Waals surface area contributed by atoms with Crippen molar-refractivity contribution in [2.24, 2.45) is 0 Å². The van der Waals surface area contributed by atoms with Crippen molar-refractivity contribution in [2.75, 3.05) is 32.5 Å². The highest BCUT2D eigenvalue weighted by Crippen LogP contribution is 2.32. The molecule has 1 aromatic carbocycles. The first-order valence-electron chi connectivity index (χ1n) is 5.58. The standard InChI is InChI=1S/C10H11ClO2.C2H6O3S/c11-8-10(12-6-7-13-10)9-4-2-1-3-5-9;1-5-6(2,3)4/h1-5H,6-8H2;1-2H3. The highest BCUT2D eigenvalue weighted by molar-refractivity contribution is 7.85. The fourth-order valence-corrected chi connectivity index (χ4v) is 1.78. The van der Waals surface area contributed by atoms with Gasteiger partial charge in [0, 0.05) is 5.56 Å². The molecule has 0 atom stereocenters. The molecule has 0 spiro atoms. The molecule has 0 unspecified atom stereocenters. The summed E-state index contributed by atoms with van der Waals surface area (Å²) in [4.78, 5) is 0. The zero-order valence-corrected chi connectivity index (χ0v) is 12.4. The first-order chi connectivity index (χ1) is 8.93. The molecule has 1 aromatic rings. The first-order valence-corrected chi connectivity index (χ1v) is 7.93. The maximum Gasteiger partial charge on any atom is 0.264 e. The van der Waals surface area contributed by atoms with Crippen LogP contribution in [0.15, 0.2) is 30.3 Å². The molecule has 19 heavy (non-hydrogen) atoms. The number of rotatable bonds is 3. The van der Waals surface area contributed by atoms with Crippen LogP contribution in [0.5, 0.6) is 0 Å². The predicted octanol–water partition coefficient (Wildman–Crippen LogP) is 1.72. The summed E-state index contributed by atoms with van der Waals surface area (Å²) in [6.45, 7) is 1.23. The van der Waals surface area contributed by atoms with Gasteiger partial charge in [-0.05, 0) is 0 Å². The Balaban J connectivity index is 0.000000258. The molecule has 1 fully saturated rings. The van der Waals surface area contributed by atoms with Gasteiger partial charge in [0.1, 0.15) is 0 Å². The van der Waals surface area contributed by atoms with Crippen molar-refractivity contribution >= 4 is 21.7 Å². The van der Waals surface area contributed by atoms with E-state index < -0.39 is 15.9 Å². The van der Waals surface area contributed by atoms with E-state index in [-0.39, 0.29) is 0 Å². The van der Waals surface area contributed by atoms with E-state index in [1.54, 1.807) is 0 Å². The van der Waals surface area contributed by atoms with Crippen molar-refractivity contribution in [1.82, 2.24) is 0 Å². The Morgan fingerprint density at radius 1 is 1.26 bits per heavy atom. The van der Waals surface area contributed by atoms with Crippen LogP contribution in [0.3, 0.4) is 0 Å². The third-order valence-electron chi connectivity index (χ3n) is 2.45. The van der Waals surface area contributed by atoms with Gasteiger partial charge in [-0.2, -0.15) is 8.42 Å². The van der Waals surface area contributed by atoms with Gasteiger partial charge in [0.25, 0.3) is 10.1 Å². The third-order valence-corrected chi connectivity index (χ3v) is 3.40. The summed E-state index contributed by atoms with van der Waals surface area (Å²) in [5.41, 5.74) is 0.988. The third kappa shape index (κ3) is 5.08. The molecule has 0 N–H and O–H groups in total. The van der Waals surface area contributed by atoms with E-state index in [4.69, 9.17) is 21.1 Å². The molecular formula is C12H17ClO5S. The summed E-state index contributed by atoms with van der Waals surface area (Å²) in [6, 6.07) is 9.80. The van der Waals surface area contributed by atoms with E-state index in [1.807, 2.05) is 30.3 Å². The van der Waals surface area contributed by atoms with E-state index in [0.717, 1.165) is 18.9 Å². The molecule has 1 aliphatic rings. The van der Waals surface area contributed by atoms with Crippen LogP contribution in [0, 0.1) is 0 Å². The van der Waals surface area contributed by atoms with Gasteiger partial charge < -0.3 is 9.47 Å². The number of hydrogen-bond acceptors (Lipinski definition) is 5. The minimum absolute atomic E-state index is 0.330. The SMILES string of the molecule is COS(C)(=O)=O.ClCC1(c2ccccc2)OCCO1. The normalized spacial score (nSPS) is 17.6. The molecule has 0 bridgehead atoms. The van der Waals surface area contributed by atoms with Crippen molar-refractivity contribution in [3.8, 4) is 0 Å². The molecule has 1 saturated heterocycles. The van der Waals surface area contributed by atoms with Crippen molar-refractivity contribution in [2.45, 2.75) is 5.79 Å². The van der Waals surface area contributed by atoms with Gasteiger partial charge in [0.15, 0.2) is 0 Å². The quantitative estimate of drug-likeness (QED) is 0.628. The summed E-state index contributed by atoms with van der Waals surface area (Å²) in [5.74, 6) is -0.375. The van der Waals surface area contributed by atoms with Crippen LogP contribution < -0.4 is 0 Å². The zero-order chi connectivity index (χ0) is 14.4. The number of halogens is 1.